The second-order valence-electron chi connectivity index (χ2n) is 5.73. The molecule has 1 aromatic heterocycles. The van der Waals surface area contributed by atoms with Crippen LogP contribution >= 0.6 is 0 Å². The summed E-state index contributed by atoms with van der Waals surface area (Å²) in [5.41, 5.74) is 6.34. The smallest absolute Gasteiger partial charge is 0.257 e. The molecular weight excluding hydrogens is 254 g/mol. The zero-order chi connectivity index (χ0) is 14.5. The van der Waals surface area contributed by atoms with Gasteiger partial charge in [-0.05, 0) is 38.4 Å². The Bertz CT molecular complexity index is 444. The molecule has 2 N–H and O–H groups in total. The minimum absolute atomic E-state index is 0.0792. The molecule has 0 bridgehead atoms. The third-order valence-electron chi connectivity index (χ3n) is 3.83. The summed E-state index contributed by atoms with van der Waals surface area (Å²) in [6.45, 7) is 9.32. The maximum Gasteiger partial charge on any atom is 0.257 e. The highest BCUT2D eigenvalue weighted by molar-refractivity contribution is 5.94. The molecule has 0 radical (unpaired) electrons. The fourth-order valence-corrected chi connectivity index (χ4v) is 2.61. The van der Waals surface area contributed by atoms with Crippen LogP contribution in [0.3, 0.4) is 0 Å². The second-order valence-corrected chi connectivity index (χ2v) is 5.73. The van der Waals surface area contributed by atoms with E-state index in [-0.39, 0.29) is 5.91 Å². The van der Waals surface area contributed by atoms with Gasteiger partial charge in [0.05, 0.1) is 5.56 Å². The number of rotatable bonds is 4. The normalized spacial score (nSPS) is 18.9. The molecule has 1 aliphatic heterocycles. The molecule has 1 aliphatic rings. The third kappa shape index (κ3) is 3.84. The van der Waals surface area contributed by atoms with Crippen molar-refractivity contribution in [3.8, 4) is 0 Å². The van der Waals surface area contributed by atoms with Crippen LogP contribution in [-0.2, 0) is 0 Å². The summed E-state index contributed by atoms with van der Waals surface area (Å²) in [6.07, 6.45) is 2.57. The average molecular weight is 279 g/mol. The SMILES string of the molecule is Cc1cc(C(=O)N2CCCN(CC(C)CN)CC2)co1. The van der Waals surface area contributed by atoms with Gasteiger partial charge in [0.2, 0.25) is 0 Å². The molecule has 20 heavy (non-hydrogen) atoms. The highest BCUT2D eigenvalue weighted by Gasteiger charge is 2.21. The molecule has 0 aromatic carbocycles. The first-order valence-electron chi connectivity index (χ1n) is 7.37. The summed E-state index contributed by atoms with van der Waals surface area (Å²) < 4.78 is 5.22. The Balaban J connectivity index is 1.90. The fourth-order valence-electron chi connectivity index (χ4n) is 2.61. The Morgan fingerprint density at radius 3 is 2.85 bits per heavy atom. The monoisotopic (exact) mass is 279 g/mol. The van der Waals surface area contributed by atoms with Crippen molar-refractivity contribution in [1.29, 1.82) is 0 Å². The minimum atomic E-state index is 0.0792. The number of carbonyl (C=O) groups excluding carboxylic acids is 1. The van der Waals surface area contributed by atoms with Crippen LogP contribution in [0.15, 0.2) is 16.7 Å². The maximum absolute atomic E-state index is 12.4. The van der Waals surface area contributed by atoms with Crippen molar-refractivity contribution in [1.82, 2.24) is 9.80 Å². The highest BCUT2D eigenvalue weighted by atomic mass is 16.3. The molecule has 112 valence electrons. The Morgan fingerprint density at radius 2 is 2.20 bits per heavy atom. The Labute approximate surface area is 120 Å². The lowest BCUT2D eigenvalue weighted by molar-refractivity contribution is 0.0760. The zero-order valence-corrected chi connectivity index (χ0v) is 12.5. The lowest BCUT2D eigenvalue weighted by Gasteiger charge is -2.23. The third-order valence-corrected chi connectivity index (χ3v) is 3.83. The van der Waals surface area contributed by atoms with E-state index < -0.39 is 0 Å². The van der Waals surface area contributed by atoms with Gasteiger partial charge in [0.15, 0.2) is 0 Å². The molecule has 5 heteroatoms. The van der Waals surface area contributed by atoms with E-state index in [9.17, 15) is 4.79 Å². The molecule has 0 saturated carbocycles. The van der Waals surface area contributed by atoms with Gasteiger partial charge >= 0.3 is 0 Å². The lowest BCUT2D eigenvalue weighted by atomic mass is 10.1. The standard InChI is InChI=1S/C15H25N3O2/c1-12(9-16)10-17-4-3-5-18(7-6-17)15(19)14-8-13(2)20-11-14/h8,11-12H,3-7,9-10,16H2,1-2H3. The Hall–Kier alpha value is -1.33. The zero-order valence-electron chi connectivity index (χ0n) is 12.5. The van der Waals surface area contributed by atoms with Crippen molar-refractivity contribution in [2.24, 2.45) is 11.7 Å². The van der Waals surface area contributed by atoms with Crippen LogP contribution < -0.4 is 5.73 Å². The van der Waals surface area contributed by atoms with Crippen LogP contribution in [0.5, 0.6) is 0 Å². The summed E-state index contributed by atoms with van der Waals surface area (Å²) >= 11 is 0. The number of hydrogen-bond acceptors (Lipinski definition) is 4. The van der Waals surface area contributed by atoms with Crippen molar-refractivity contribution >= 4 is 5.91 Å². The predicted octanol–water partition coefficient (Wildman–Crippen LogP) is 1.33. The minimum Gasteiger partial charge on any atom is -0.469 e. The van der Waals surface area contributed by atoms with Crippen LogP contribution in [0.1, 0.15) is 29.5 Å². The van der Waals surface area contributed by atoms with Crippen LogP contribution in [0.2, 0.25) is 0 Å². The highest BCUT2D eigenvalue weighted by Crippen LogP contribution is 2.12. The molecule has 1 fully saturated rings. The quantitative estimate of drug-likeness (QED) is 0.903. The summed E-state index contributed by atoms with van der Waals surface area (Å²) in [5.74, 6) is 1.37. The van der Waals surface area contributed by atoms with E-state index in [1.165, 1.54) is 0 Å². The van der Waals surface area contributed by atoms with Gasteiger partial charge in [-0.15, -0.1) is 0 Å². The van der Waals surface area contributed by atoms with Gasteiger partial charge in [0.25, 0.3) is 5.91 Å². The van der Waals surface area contributed by atoms with Gasteiger partial charge in [-0.2, -0.15) is 0 Å². The molecule has 1 aromatic rings. The van der Waals surface area contributed by atoms with E-state index in [0.29, 0.717) is 18.0 Å². The number of nitrogens with two attached hydrogens (primary N) is 1. The van der Waals surface area contributed by atoms with E-state index in [2.05, 4.69) is 11.8 Å². The number of nitrogens with zero attached hydrogens (tertiary/aromatic N) is 2. The number of hydrogen-bond donors (Lipinski definition) is 1. The average Bonchev–Trinajstić information content (AvgIpc) is 2.74. The molecule has 0 spiro atoms. The van der Waals surface area contributed by atoms with Gasteiger partial charge in [0.1, 0.15) is 12.0 Å². The molecule has 0 aliphatic carbocycles. The van der Waals surface area contributed by atoms with Crippen molar-refractivity contribution in [2.45, 2.75) is 20.3 Å². The molecule has 1 atom stereocenters. The molecule has 2 rings (SSSR count). The number of carbonyl (C=O) groups is 1. The molecule has 1 amide bonds. The maximum atomic E-state index is 12.4. The molecule has 1 unspecified atom stereocenters. The molecular formula is C15H25N3O2. The second kappa shape index (κ2) is 6.90. The van der Waals surface area contributed by atoms with Gasteiger partial charge < -0.3 is 20.0 Å². The summed E-state index contributed by atoms with van der Waals surface area (Å²) in [5, 5.41) is 0. The lowest BCUT2D eigenvalue weighted by Crippen LogP contribution is -2.37. The summed E-state index contributed by atoms with van der Waals surface area (Å²) in [4.78, 5) is 16.7. The van der Waals surface area contributed by atoms with Crippen molar-refractivity contribution in [3.05, 3.63) is 23.7 Å². The van der Waals surface area contributed by atoms with Gasteiger partial charge in [0, 0.05) is 26.2 Å². The first-order valence-corrected chi connectivity index (χ1v) is 7.37. The Kier molecular flexibility index (Phi) is 5.20. The van der Waals surface area contributed by atoms with E-state index >= 15 is 0 Å². The van der Waals surface area contributed by atoms with E-state index in [1.54, 1.807) is 6.26 Å². The molecule has 2 heterocycles. The van der Waals surface area contributed by atoms with Gasteiger partial charge in [-0.25, -0.2) is 0 Å². The molecule has 1 saturated heterocycles. The van der Waals surface area contributed by atoms with E-state index in [0.717, 1.165) is 44.9 Å². The van der Waals surface area contributed by atoms with Crippen LogP contribution in [0.25, 0.3) is 0 Å². The van der Waals surface area contributed by atoms with Crippen LogP contribution in [-0.4, -0.2) is 55.0 Å². The number of amides is 1. The van der Waals surface area contributed by atoms with Gasteiger partial charge in [-0.3, -0.25) is 4.79 Å². The van der Waals surface area contributed by atoms with E-state index in [4.69, 9.17) is 10.2 Å². The van der Waals surface area contributed by atoms with Gasteiger partial charge in [-0.1, -0.05) is 6.92 Å². The number of aryl methyl sites for hydroxylation is 1. The predicted molar refractivity (Wildman–Crippen MR) is 78.6 cm³/mol. The summed E-state index contributed by atoms with van der Waals surface area (Å²) in [7, 11) is 0. The number of furan rings is 1. The van der Waals surface area contributed by atoms with E-state index in [1.807, 2.05) is 17.9 Å². The first-order chi connectivity index (χ1) is 9.60. The van der Waals surface area contributed by atoms with Crippen LogP contribution in [0, 0.1) is 12.8 Å². The first kappa shape index (κ1) is 15.1. The molecule has 5 nitrogen and oxygen atoms in total. The van der Waals surface area contributed by atoms with Crippen molar-refractivity contribution in [3.63, 3.8) is 0 Å². The summed E-state index contributed by atoms with van der Waals surface area (Å²) in [6, 6.07) is 1.81. The largest absolute Gasteiger partial charge is 0.469 e. The van der Waals surface area contributed by atoms with Crippen molar-refractivity contribution in [2.75, 3.05) is 39.3 Å². The fraction of sp³-hybridized carbons (Fsp3) is 0.667. The Morgan fingerprint density at radius 1 is 1.40 bits per heavy atom. The van der Waals surface area contributed by atoms with Crippen molar-refractivity contribution < 1.29 is 9.21 Å². The topological polar surface area (TPSA) is 62.7 Å². The van der Waals surface area contributed by atoms with Crippen LogP contribution in [0.4, 0.5) is 0 Å².